The van der Waals surface area contributed by atoms with Gasteiger partial charge in [0.2, 0.25) is 6.41 Å². The Morgan fingerprint density at radius 2 is 1.90 bits per heavy atom. The molecule has 1 amide bonds. The van der Waals surface area contributed by atoms with Gasteiger partial charge in [-0.15, -0.1) is 0 Å². The van der Waals surface area contributed by atoms with E-state index in [1.165, 1.54) is 24.3 Å². The average Bonchev–Trinajstić information content (AvgIpc) is 2.81. The molecule has 5 aliphatic rings. The van der Waals surface area contributed by atoms with Crippen molar-refractivity contribution in [3.8, 4) is 0 Å². The van der Waals surface area contributed by atoms with E-state index < -0.39 is 0 Å². The Hall–Kier alpha value is -0.620. The Kier molecular flexibility index (Phi) is 3.49. The van der Waals surface area contributed by atoms with Crippen LogP contribution in [-0.2, 0) is 14.5 Å². The van der Waals surface area contributed by atoms with E-state index in [4.69, 9.17) is 9.68 Å². The van der Waals surface area contributed by atoms with E-state index in [1.54, 1.807) is 0 Å². The monoisotopic (exact) mass is 356 g/mol. The number of hydrogen-bond donors (Lipinski definition) is 0. The van der Waals surface area contributed by atoms with Crippen molar-refractivity contribution in [3.05, 3.63) is 0 Å². The number of oxime groups is 1. The van der Waals surface area contributed by atoms with Crippen LogP contribution in [0.4, 0.5) is 0 Å². The summed E-state index contributed by atoms with van der Waals surface area (Å²) in [6.45, 7) is 0.448. The van der Waals surface area contributed by atoms with Gasteiger partial charge < -0.3 is 4.84 Å². The van der Waals surface area contributed by atoms with E-state index in [0.717, 1.165) is 48.0 Å². The molecule has 4 aliphatic carbocycles. The fourth-order valence-electron chi connectivity index (χ4n) is 5.19. The topological polar surface area (TPSA) is 51.1 Å². The standard InChI is InChI=1S/C15H21BrN2O3/c16-14-4-13(20-17-14)8-18(9-19)21-15-5-10-1-11(6-15)3-12(2-10)7-15/h9-13H,1-8H2. The molecule has 0 saturated heterocycles. The van der Waals surface area contributed by atoms with Crippen LogP contribution < -0.4 is 0 Å². The Morgan fingerprint density at radius 1 is 1.29 bits per heavy atom. The lowest BCUT2D eigenvalue weighted by molar-refractivity contribution is -0.279. The highest BCUT2D eigenvalue weighted by molar-refractivity contribution is 9.18. The second-order valence-electron chi connectivity index (χ2n) is 7.30. The molecule has 4 fully saturated rings. The highest BCUT2D eigenvalue weighted by Crippen LogP contribution is 2.57. The number of carbonyl (C=O) groups excluding carboxylic acids is 1. The predicted octanol–water partition coefficient (Wildman–Crippen LogP) is 2.84. The third kappa shape index (κ3) is 2.72. The lowest BCUT2D eigenvalue weighted by Crippen LogP contribution is -2.55. The number of nitrogens with zero attached hydrogens (tertiary/aromatic N) is 2. The zero-order valence-electron chi connectivity index (χ0n) is 12.0. The van der Waals surface area contributed by atoms with Crippen molar-refractivity contribution < 1.29 is 14.5 Å². The number of amides is 1. The third-order valence-corrected chi connectivity index (χ3v) is 5.96. The fourth-order valence-corrected chi connectivity index (χ4v) is 5.63. The SMILES string of the molecule is O=CN(CC1CC(Br)=NO1)OC12CC3CC(CC(C3)C1)C2. The summed E-state index contributed by atoms with van der Waals surface area (Å²) >= 11 is 3.32. The summed E-state index contributed by atoms with van der Waals surface area (Å²) in [5, 5.41) is 5.32. The molecular formula is C15H21BrN2O3. The van der Waals surface area contributed by atoms with E-state index in [1.807, 2.05) is 0 Å². The van der Waals surface area contributed by atoms with Crippen LogP contribution in [0.1, 0.15) is 44.9 Å². The molecule has 5 rings (SSSR count). The van der Waals surface area contributed by atoms with Crippen LogP contribution in [0, 0.1) is 17.8 Å². The average molecular weight is 357 g/mol. The van der Waals surface area contributed by atoms with E-state index >= 15 is 0 Å². The van der Waals surface area contributed by atoms with Gasteiger partial charge in [0, 0.05) is 6.42 Å². The smallest absolute Gasteiger partial charge is 0.233 e. The van der Waals surface area contributed by atoms with Crippen LogP contribution in [0.3, 0.4) is 0 Å². The molecule has 21 heavy (non-hydrogen) atoms. The van der Waals surface area contributed by atoms with Gasteiger partial charge in [-0.1, -0.05) is 5.16 Å². The molecule has 0 aromatic rings. The van der Waals surface area contributed by atoms with E-state index in [0.29, 0.717) is 13.0 Å². The Bertz CT molecular complexity index is 433. The van der Waals surface area contributed by atoms with Gasteiger partial charge in [0.05, 0.1) is 12.1 Å². The van der Waals surface area contributed by atoms with Crippen LogP contribution in [0.2, 0.25) is 0 Å². The predicted molar refractivity (Wildman–Crippen MR) is 80.6 cm³/mol. The first-order valence-corrected chi connectivity index (χ1v) is 8.73. The third-order valence-electron chi connectivity index (χ3n) is 5.49. The minimum absolute atomic E-state index is 0.0909. The number of halogens is 1. The fraction of sp³-hybridized carbons (Fsp3) is 0.867. The van der Waals surface area contributed by atoms with E-state index in [-0.39, 0.29) is 11.7 Å². The van der Waals surface area contributed by atoms with Crippen molar-refractivity contribution in [2.45, 2.75) is 56.7 Å². The first-order valence-electron chi connectivity index (χ1n) is 7.93. The molecule has 4 saturated carbocycles. The molecule has 1 atom stereocenters. The molecule has 1 unspecified atom stereocenters. The van der Waals surface area contributed by atoms with Crippen LogP contribution in [0.15, 0.2) is 5.16 Å². The highest BCUT2D eigenvalue weighted by Gasteiger charge is 2.53. The van der Waals surface area contributed by atoms with Gasteiger partial charge in [0.15, 0.2) is 6.10 Å². The van der Waals surface area contributed by atoms with Gasteiger partial charge in [-0.2, -0.15) is 0 Å². The summed E-state index contributed by atoms with van der Waals surface area (Å²) < 4.78 is 0.799. The first-order chi connectivity index (χ1) is 10.1. The molecule has 4 bridgehead atoms. The summed E-state index contributed by atoms with van der Waals surface area (Å²) in [6.07, 6.45) is 8.88. The maximum absolute atomic E-state index is 11.4. The van der Waals surface area contributed by atoms with E-state index in [2.05, 4.69) is 21.1 Å². The largest absolute Gasteiger partial charge is 0.389 e. The van der Waals surface area contributed by atoms with Crippen molar-refractivity contribution in [3.63, 3.8) is 0 Å². The Balaban J connectivity index is 1.40. The summed E-state index contributed by atoms with van der Waals surface area (Å²) in [6, 6.07) is 0. The lowest BCUT2D eigenvalue weighted by Gasteiger charge is -2.56. The number of carbonyl (C=O) groups is 1. The lowest BCUT2D eigenvalue weighted by atomic mass is 9.54. The van der Waals surface area contributed by atoms with Crippen LogP contribution >= 0.6 is 15.9 Å². The summed E-state index contributed by atoms with van der Waals surface area (Å²) in [7, 11) is 0. The molecular weight excluding hydrogens is 336 g/mol. The van der Waals surface area contributed by atoms with Crippen LogP contribution in [0.25, 0.3) is 0 Å². The Morgan fingerprint density at radius 3 is 2.38 bits per heavy atom. The van der Waals surface area contributed by atoms with Crippen LogP contribution in [-0.4, -0.2) is 34.3 Å². The highest BCUT2D eigenvalue weighted by atomic mass is 79.9. The van der Waals surface area contributed by atoms with Crippen molar-refractivity contribution in [2.75, 3.05) is 6.54 Å². The van der Waals surface area contributed by atoms with Gasteiger partial charge in [0.1, 0.15) is 4.62 Å². The minimum atomic E-state index is -0.0986. The zero-order chi connectivity index (χ0) is 14.4. The van der Waals surface area contributed by atoms with Crippen molar-refractivity contribution in [1.29, 1.82) is 0 Å². The number of hydrogen-bond acceptors (Lipinski definition) is 4. The maximum atomic E-state index is 11.4. The number of rotatable bonds is 5. The quantitative estimate of drug-likeness (QED) is 0.562. The van der Waals surface area contributed by atoms with Gasteiger partial charge >= 0.3 is 0 Å². The normalized spacial score (nSPS) is 43.6. The Labute approximate surface area is 133 Å². The second-order valence-corrected chi connectivity index (χ2v) is 8.21. The van der Waals surface area contributed by atoms with E-state index in [9.17, 15) is 4.79 Å². The van der Waals surface area contributed by atoms with Gasteiger partial charge in [-0.25, -0.2) is 5.06 Å². The molecule has 116 valence electrons. The molecule has 5 nitrogen and oxygen atoms in total. The summed E-state index contributed by atoms with van der Waals surface area (Å²) in [4.78, 5) is 22.9. The number of hydroxylamine groups is 2. The summed E-state index contributed by atoms with van der Waals surface area (Å²) in [5.74, 6) is 2.43. The van der Waals surface area contributed by atoms with Crippen LogP contribution in [0.5, 0.6) is 0 Å². The van der Waals surface area contributed by atoms with Gasteiger partial charge in [-0.05, 0) is 72.2 Å². The second kappa shape index (κ2) is 5.23. The zero-order valence-corrected chi connectivity index (χ0v) is 13.6. The van der Waals surface area contributed by atoms with Gasteiger partial charge in [0.25, 0.3) is 0 Å². The molecule has 0 aromatic carbocycles. The van der Waals surface area contributed by atoms with Crippen molar-refractivity contribution >= 4 is 27.0 Å². The molecule has 0 radical (unpaired) electrons. The summed E-state index contributed by atoms with van der Waals surface area (Å²) in [5.41, 5.74) is -0.0909. The molecule has 1 aliphatic heterocycles. The molecule has 0 aromatic heterocycles. The van der Waals surface area contributed by atoms with Crippen molar-refractivity contribution in [2.24, 2.45) is 22.9 Å². The van der Waals surface area contributed by atoms with Crippen molar-refractivity contribution in [1.82, 2.24) is 5.06 Å². The molecule has 6 heteroatoms. The maximum Gasteiger partial charge on any atom is 0.233 e. The van der Waals surface area contributed by atoms with Gasteiger partial charge in [-0.3, -0.25) is 9.63 Å². The minimum Gasteiger partial charge on any atom is -0.389 e. The first kappa shape index (κ1) is 14.0. The molecule has 1 heterocycles. The molecule has 0 spiro atoms. The molecule has 0 N–H and O–H groups in total.